The van der Waals surface area contributed by atoms with E-state index in [1.54, 1.807) is 21.8 Å². The number of imidazole rings is 2. The number of nitrogens with one attached hydrogen (secondary N) is 2. The zero-order chi connectivity index (χ0) is 50.9. The fourth-order valence-electron chi connectivity index (χ4n) is 14.0. The molecule has 4 aliphatic carbocycles. The number of H-pyrrole nitrogens is 2. The maximum atomic E-state index is 13.9. The number of aliphatic hydroxyl groups excluding tert-OH is 1. The van der Waals surface area contributed by atoms with Crippen LogP contribution in [0.1, 0.15) is 131 Å². The zero-order valence-corrected chi connectivity index (χ0v) is 45.5. The summed E-state index contributed by atoms with van der Waals surface area (Å²) in [5, 5.41) is 11.1. The summed E-state index contributed by atoms with van der Waals surface area (Å²) in [5.41, 5.74) is 15.7. The number of hydrogen-bond acceptors (Lipinski definition) is 17. The van der Waals surface area contributed by atoms with Crippen LogP contribution >= 0.6 is 40.9 Å². The number of anilines is 2. The van der Waals surface area contributed by atoms with Gasteiger partial charge in [-0.3, -0.25) is 18.2 Å². The normalized spacial score (nSPS) is 35.3. The van der Waals surface area contributed by atoms with Gasteiger partial charge in [0, 0.05) is 20.0 Å². The highest BCUT2D eigenvalue weighted by Crippen LogP contribution is 2.68. The Morgan fingerprint density at radius 3 is 2.25 bits per heavy atom. The number of aliphatic hydroxyl groups is 1. The molecule has 16 atom stereocenters. The first kappa shape index (κ1) is 52.6. The van der Waals surface area contributed by atoms with Crippen LogP contribution in [0.4, 0.5) is 11.9 Å². The molecule has 6 aliphatic rings. The third-order valence-electron chi connectivity index (χ3n) is 17.6. The van der Waals surface area contributed by atoms with Crippen molar-refractivity contribution in [3.8, 4) is 0 Å². The second kappa shape index (κ2) is 21.0. The van der Waals surface area contributed by atoms with Gasteiger partial charge in [0.05, 0.1) is 44.2 Å². The molecular weight excluding hydrogens is 1000 g/mol. The predicted molar refractivity (Wildman–Crippen MR) is 276 cm³/mol. The highest BCUT2D eigenvalue weighted by Gasteiger charge is 2.59. The molecule has 4 aromatic heterocycles. The summed E-state index contributed by atoms with van der Waals surface area (Å²) in [4.78, 5) is 34.4. The van der Waals surface area contributed by atoms with Crippen LogP contribution in [0.2, 0.25) is 0 Å². The Balaban J connectivity index is 0.784. The number of phosphoric acid groups is 1. The molecule has 20 nitrogen and oxygen atoms in total. The summed E-state index contributed by atoms with van der Waals surface area (Å²) in [6, 6.07) is 0. The first-order chi connectivity index (χ1) is 34.3. The van der Waals surface area contributed by atoms with Crippen LogP contribution in [0.15, 0.2) is 24.3 Å². The third kappa shape index (κ3) is 10.3. The average molecular weight is 1080 g/mol. The lowest BCUT2D eigenvalue weighted by Crippen LogP contribution is -2.51. The van der Waals surface area contributed by atoms with E-state index in [2.05, 4.69) is 70.6 Å². The molecule has 6 heterocycles. The van der Waals surface area contributed by atoms with Crippen LogP contribution in [0.25, 0.3) is 22.3 Å². The Morgan fingerprint density at radius 1 is 0.917 bits per heavy atom. The molecule has 4 aromatic rings. The van der Waals surface area contributed by atoms with Gasteiger partial charge in [0.15, 0.2) is 21.2 Å². The quantitative estimate of drug-likeness (QED) is 0.0307. The Hall–Kier alpha value is -2.82. The molecule has 396 valence electrons. The Labute approximate surface area is 431 Å². The molecule has 3 saturated carbocycles. The van der Waals surface area contributed by atoms with Gasteiger partial charge >= 0.3 is 16.4 Å². The second-order valence-electron chi connectivity index (χ2n) is 22.2. The zero-order valence-electron chi connectivity index (χ0n) is 42.1. The first-order valence-electron chi connectivity index (χ1n) is 25.8. The maximum Gasteiger partial charge on any atom is 0.472 e. The minimum atomic E-state index is -4.60. The minimum absolute atomic E-state index is 0.0477. The molecule has 0 amide bonds. The predicted octanol–water partition coefficient (Wildman–Crippen LogP) is 9.91. The van der Waals surface area contributed by atoms with Gasteiger partial charge in [0.25, 0.3) is 0 Å². The van der Waals surface area contributed by atoms with Crippen molar-refractivity contribution in [3.63, 3.8) is 0 Å². The number of ether oxygens (including phenoxy) is 2. The maximum absolute atomic E-state index is 13.9. The molecule has 0 spiro atoms. The number of nitrogen functional groups attached to an aromatic ring is 2. The summed E-state index contributed by atoms with van der Waals surface area (Å²) in [6.07, 6.45) is 13.3. The van der Waals surface area contributed by atoms with Crippen LogP contribution in [0, 0.1) is 55.6 Å². The molecule has 0 radical (unpaired) electrons. The van der Waals surface area contributed by atoms with Crippen LogP contribution in [-0.4, -0.2) is 99.9 Å². The van der Waals surface area contributed by atoms with E-state index < -0.39 is 59.4 Å². The van der Waals surface area contributed by atoms with E-state index in [0.717, 1.165) is 36.5 Å². The second-order valence-corrected chi connectivity index (χ2v) is 25.7. The molecule has 10 rings (SSSR count). The first-order valence-corrected chi connectivity index (χ1v) is 29.2. The van der Waals surface area contributed by atoms with Gasteiger partial charge in [-0.25, -0.2) is 24.5 Å². The minimum Gasteiger partial charge on any atom is -0.390 e. The number of fused-ring (bicyclic) bond motifs is 7. The Morgan fingerprint density at radius 2 is 1.58 bits per heavy atom. The standard InChI is InChI=1S/C48H72N10O10P2S2/c1-25(2)8-7-9-26(3)30-12-13-31-29-11-10-27-18-28(14-16-47(27,4)32(29)15-17-48(30,31)5)68-70(60,61)64-22-36-34(20-38(66-36)58-24-52-40-42(58)54-46(50)56-44(40)72)67-69(62-6)63-21-35-33(59)19-37(65-35)57-23-51-39-41(57)53-45(49)55-43(39)71/h10,23-26,28-38,59H,7-9,11-22H2,1-6H3,(H,60,61)(H3,49,53,55,71)(H3,50,54,56,72)/t26-,28?,29?,30?,31?,32?,33?,34?,35?,36?,37?,38?,47?,48?,69?/m1/s1. The summed E-state index contributed by atoms with van der Waals surface area (Å²) >= 11 is 10.8. The van der Waals surface area contributed by atoms with Crippen molar-refractivity contribution in [2.75, 3.05) is 31.8 Å². The lowest BCUT2D eigenvalue weighted by molar-refractivity contribution is -0.0607. The summed E-state index contributed by atoms with van der Waals surface area (Å²) in [7, 11) is -5.24. The summed E-state index contributed by atoms with van der Waals surface area (Å²) < 4.78 is 60.7. The van der Waals surface area contributed by atoms with Gasteiger partial charge in [-0.2, -0.15) is 0 Å². The van der Waals surface area contributed by atoms with Crippen molar-refractivity contribution in [1.82, 2.24) is 39.0 Å². The third-order valence-corrected chi connectivity index (χ3v) is 20.3. The molecule has 0 aromatic carbocycles. The van der Waals surface area contributed by atoms with E-state index in [1.807, 2.05) is 0 Å². The van der Waals surface area contributed by atoms with E-state index >= 15 is 0 Å². The van der Waals surface area contributed by atoms with Crippen molar-refractivity contribution in [2.24, 2.45) is 46.3 Å². The molecule has 72 heavy (non-hydrogen) atoms. The van der Waals surface area contributed by atoms with Crippen LogP contribution < -0.4 is 11.5 Å². The average Bonchev–Trinajstić information content (AvgIpc) is 4.17. The number of aromatic nitrogens is 8. The van der Waals surface area contributed by atoms with Gasteiger partial charge in [0.1, 0.15) is 47.0 Å². The molecule has 8 N–H and O–H groups in total. The van der Waals surface area contributed by atoms with Gasteiger partial charge < -0.3 is 54.5 Å². The Kier molecular flexibility index (Phi) is 15.3. The monoisotopic (exact) mass is 1070 g/mol. The highest BCUT2D eigenvalue weighted by molar-refractivity contribution is 7.71. The van der Waals surface area contributed by atoms with E-state index in [1.165, 1.54) is 57.6 Å². The number of hydrogen-bond donors (Lipinski definition) is 6. The van der Waals surface area contributed by atoms with Crippen molar-refractivity contribution in [3.05, 3.63) is 33.6 Å². The smallest absolute Gasteiger partial charge is 0.390 e. The summed E-state index contributed by atoms with van der Waals surface area (Å²) in [5.74, 6) is 4.60. The van der Waals surface area contributed by atoms with Crippen LogP contribution in [-0.2, 0) is 36.7 Å². The van der Waals surface area contributed by atoms with Crippen molar-refractivity contribution in [2.45, 2.75) is 161 Å². The van der Waals surface area contributed by atoms with Crippen molar-refractivity contribution >= 4 is 75.1 Å². The highest BCUT2D eigenvalue weighted by atomic mass is 32.1. The molecule has 2 aliphatic heterocycles. The van der Waals surface area contributed by atoms with Crippen LogP contribution in [0.5, 0.6) is 0 Å². The van der Waals surface area contributed by atoms with E-state index in [4.69, 9.17) is 68.0 Å². The van der Waals surface area contributed by atoms with Crippen molar-refractivity contribution < 1.29 is 46.7 Å². The van der Waals surface area contributed by atoms with Gasteiger partial charge in [-0.15, -0.1) is 0 Å². The SMILES string of the molecule is COP(OCC1OC(n2cnc3c(=S)nc(N)[nH]c32)CC1O)OC1CC(n2cnc3c(=S)nc(N)[nH]c32)OC1COP(=O)(O)OC1CCC2(C)C(=CCC3C2CCC2(C)C3CCC2[C@H](C)CCCC(C)C)C1. The molecule has 2 saturated heterocycles. The molecule has 24 heteroatoms. The van der Waals surface area contributed by atoms with Gasteiger partial charge in [-0.1, -0.05) is 90.0 Å². The van der Waals surface area contributed by atoms with E-state index in [-0.39, 0.29) is 52.6 Å². The Bertz CT molecular complexity index is 2810. The largest absolute Gasteiger partial charge is 0.472 e. The number of aromatic amines is 2. The van der Waals surface area contributed by atoms with Crippen molar-refractivity contribution in [1.29, 1.82) is 0 Å². The fourth-order valence-corrected chi connectivity index (χ4v) is 16.4. The van der Waals surface area contributed by atoms with Gasteiger partial charge in [-0.05, 0) is 97.7 Å². The van der Waals surface area contributed by atoms with Gasteiger partial charge in [0.2, 0.25) is 0 Å². The fraction of sp³-hybridized carbons (Fsp3) is 0.750. The van der Waals surface area contributed by atoms with E-state index in [9.17, 15) is 14.6 Å². The molecule has 0 bridgehead atoms. The number of allylic oxidation sites excluding steroid dienone is 1. The lowest BCUT2D eigenvalue weighted by atomic mass is 9.47. The summed E-state index contributed by atoms with van der Waals surface area (Å²) in [6.45, 7) is 11.8. The number of rotatable bonds is 18. The number of nitrogens with zero attached hydrogens (tertiary/aromatic N) is 6. The van der Waals surface area contributed by atoms with Crippen LogP contribution in [0.3, 0.4) is 0 Å². The molecule has 5 fully saturated rings. The molecule has 15 unspecified atom stereocenters. The van der Waals surface area contributed by atoms with E-state index in [0.29, 0.717) is 52.4 Å². The number of nitrogens with two attached hydrogens (primary N) is 2. The lowest BCUT2D eigenvalue weighted by Gasteiger charge is -2.58. The topological polar surface area (TPSA) is 267 Å². The number of phosphoric ester groups is 1. The molecular formula is C48H72N10O10P2S2.